The zero-order chi connectivity index (χ0) is 16.8. The third-order valence-corrected chi connectivity index (χ3v) is 4.54. The maximum absolute atomic E-state index is 13.9. The van der Waals surface area contributed by atoms with Gasteiger partial charge in [-0.1, -0.05) is 12.1 Å². The Morgan fingerprint density at radius 1 is 1.33 bits per heavy atom. The Hall–Kier alpha value is -2.44. The maximum atomic E-state index is 13.9. The largest absolute Gasteiger partial charge is 0.479 e. The minimum atomic E-state index is -0.814. The van der Waals surface area contributed by atoms with E-state index in [1.807, 2.05) is 6.92 Å². The molecular weight excluding hydrogens is 311 g/mol. The summed E-state index contributed by atoms with van der Waals surface area (Å²) in [4.78, 5) is 4.45. The highest BCUT2D eigenvalue weighted by Gasteiger charge is 2.35. The number of fused-ring (bicyclic) bond motifs is 2. The van der Waals surface area contributed by atoms with Crippen LogP contribution in [0.3, 0.4) is 0 Å². The van der Waals surface area contributed by atoms with Crippen molar-refractivity contribution >= 4 is 5.65 Å². The van der Waals surface area contributed by atoms with Gasteiger partial charge in [-0.3, -0.25) is 4.40 Å². The van der Waals surface area contributed by atoms with Gasteiger partial charge in [0.25, 0.3) is 0 Å². The number of rotatable bonds is 3. The van der Waals surface area contributed by atoms with E-state index in [1.54, 1.807) is 34.9 Å². The minimum Gasteiger partial charge on any atom is -0.479 e. The zero-order valence-electron chi connectivity index (χ0n) is 13.1. The smallest absolute Gasteiger partial charge is 0.180 e. The molecule has 0 saturated heterocycles. The minimum absolute atomic E-state index is 0.128. The van der Waals surface area contributed by atoms with Crippen molar-refractivity contribution in [1.29, 1.82) is 0 Å². The van der Waals surface area contributed by atoms with Crippen LogP contribution in [0.1, 0.15) is 28.6 Å². The van der Waals surface area contributed by atoms with E-state index in [-0.39, 0.29) is 18.8 Å². The highest BCUT2D eigenvalue weighted by atomic mass is 19.1. The maximum Gasteiger partial charge on any atom is 0.180 e. The molecule has 0 fully saturated rings. The van der Waals surface area contributed by atoms with E-state index in [1.165, 1.54) is 6.07 Å². The number of pyridine rings is 1. The number of halogens is 1. The van der Waals surface area contributed by atoms with Gasteiger partial charge in [-0.25, -0.2) is 9.37 Å². The molecule has 2 N–H and O–H groups in total. The molecule has 124 valence electrons. The third-order valence-electron chi connectivity index (χ3n) is 4.54. The lowest BCUT2D eigenvalue weighted by Gasteiger charge is -2.18. The lowest BCUT2D eigenvalue weighted by molar-refractivity contribution is 0.0501. The van der Waals surface area contributed by atoms with Crippen LogP contribution in [0.5, 0.6) is 5.75 Å². The molecule has 4 rings (SSSR count). The van der Waals surface area contributed by atoms with E-state index < -0.39 is 12.2 Å². The van der Waals surface area contributed by atoms with Crippen molar-refractivity contribution in [2.75, 3.05) is 0 Å². The van der Waals surface area contributed by atoms with Gasteiger partial charge in [0.05, 0.1) is 24.1 Å². The zero-order valence-corrected chi connectivity index (χ0v) is 13.1. The molecule has 2 aromatic heterocycles. The third kappa shape index (κ3) is 2.18. The monoisotopic (exact) mass is 328 g/mol. The van der Waals surface area contributed by atoms with Crippen molar-refractivity contribution in [1.82, 2.24) is 9.38 Å². The lowest BCUT2D eigenvalue weighted by Crippen LogP contribution is -2.19. The molecule has 0 radical (unpaired) electrons. The van der Waals surface area contributed by atoms with Crippen molar-refractivity contribution in [3.63, 3.8) is 0 Å². The van der Waals surface area contributed by atoms with E-state index in [2.05, 4.69) is 4.98 Å². The fraction of sp³-hybridized carbons (Fsp3) is 0.278. The summed E-state index contributed by atoms with van der Waals surface area (Å²) in [6, 6.07) is 8.32. The van der Waals surface area contributed by atoms with Gasteiger partial charge >= 0.3 is 0 Å². The van der Waals surface area contributed by atoms with Crippen LogP contribution in [0.25, 0.3) is 5.65 Å². The molecular formula is C18H17FN2O3. The number of nitrogens with zero attached hydrogens (tertiary/aromatic N) is 2. The molecule has 1 aromatic carbocycles. The van der Waals surface area contributed by atoms with Crippen LogP contribution >= 0.6 is 0 Å². The molecule has 2 atom stereocenters. The predicted molar refractivity (Wildman–Crippen MR) is 85.3 cm³/mol. The van der Waals surface area contributed by atoms with Crippen LogP contribution < -0.4 is 4.74 Å². The highest BCUT2D eigenvalue weighted by Crippen LogP contribution is 2.37. The van der Waals surface area contributed by atoms with Crippen LogP contribution in [0.2, 0.25) is 0 Å². The van der Waals surface area contributed by atoms with Crippen LogP contribution in [0.4, 0.5) is 4.39 Å². The first kappa shape index (κ1) is 15.1. The number of ether oxygens (including phenoxy) is 1. The molecule has 0 bridgehead atoms. The number of aromatic nitrogens is 2. The molecule has 3 aromatic rings. The van der Waals surface area contributed by atoms with E-state index in [0.29, 0.717) is 33.9 Å². The first-order valence-corrected chi connectivity index (χ1v) is 7.79. The van der Waals surface area contributed by atoms with Crippen LogP contribution in [-0.4, -0.2) is 25.7 Å². The second kappa shape index (κ2) is 5.58. The summed E-state index contributed by atoms with van der Waals surface area (Å²) in [7, 11) is 0. The topological polar surface area (TPSA) is 67.0 Å². The Labute approximate surface area is 138 Å². The number of aryl methyl sites for hydroxylation is 1. The Kier molecular flexibility index (Phi) is 3.51. The Morgan fingerprint density at radius 3 is 2.96 bits per heavy atom. The number of aliphatic hydroxyl groups excluding tert-OH is 2. The molecule has 1 aliphatic rings. The summed E-state index contributed by atoms with van der Waals surface area (Å²) in [6.45, 7) is 1.69. The summed E-state index contributed by atoms with van der Waals surface area (Å²) in [5.41, 5.74) is 3.13. The molecule has 1 aliphatic carbocycles. The standard InChI is InChI=1S/C18H17FN2O3/c1-10-14(9-22)21-7-3-6-16(18(21)20-10)24-17-11-4-2-5-13(19)12(11)8-15(17)23/h2-7,15,17,22-23H,8-9H2,1H3. The molecule has 0 spiro atoms. The number of benzene rings is 1. The van der Waals surface area contributed by atoms with Gasteiger partial charge in [0, 0.05) is 18.2 Å². The van der Waals surface area contributed by atoms with Crippen molar-refractivity contribution in [2.24, 2.45) is 0 Å². The van der Waals surface area contributed by atoms with E-state index in [9.17, 15) is 14.6 Å². The molecule has 5 nitrogen and oxygen atoms in total. The van der Waals surface area contributed by atoms with Crippen molar-refractivity contribution in [3.8, 4) is 5.75 Å². The summed E-state index contributed by atoms with van der Waals surface area (Å²) >= 11 is 0. The second-order valence-corrected chi connectivity index (χ2v) is 5.99. The average molecular weight is 328 g/mol. The van der Waals surface area contributed by atoms with Crippen molar-refractivity contribution in [3.05, 3.63) is 64.9 Å². The number of imidazole rings is 1. The fourth-order valence-electron chi connectivity index (χ4n) is 3.35. The Bertz CT molecular complexity index is 922. The molecule has 24 heavy (non-hydrogen) atoms. The normalized spacial score (nSPS) is 19.7. The average Bonchev–Trinajstić information content (AvgIpc) is 3.06. The van der Waals surface area contributed by atoms with Gasteiger partial charge in [-0.2, -0.15) is 0 Å². The quantitative estimate of drug-likeness (QED) is 0.774. The van der Waals surface area contributed by atoms with Crippen LogP contribution in [0.15, 0.2) is 36.5 Å². The Morgan fingerprint density at radius 2 is 2.17 bits per heavy atom. The molecule has 0 aliphatic heterocycles. The molecule has 2 heterocycles. The van der Waals surface area contributed by atoms with Gasteiger partial charge in [0.15, 0.2) is 17.5 Å². The van der Waals surface area contributed by atoms with Crippen molar-refractivity contribution < 1.29 is 19.3 Å². The van der Waals surface area contributed by atoms with Gasteiger partial charge < -0.3 is 14.9 Å². The van der Waals surface area contributed by atoms with Crippen LogP contribution in [0, 0.1) is 12.7 Å². The predicted octanol–water partition coefficient (Wildman–Crippen LogP) is 2.31. The summed E-state index contributed by atoms with van der Waals surface area (Å²) in [6.07, 6.45) is 0.569. The van der Waals surface area contributed by atoms with E-state index in [4.69, 9.17) is 4.74 Å². The Balaban J connectivity index is 1.77. The SMILES string of the molecule is Cc1nc2c(OC3c4cccc(F)c4CC3O)cccn2c1CO. The number of hydrogen-bond acceptors (Lipinski definition) is 4. The molecule has 0 saturated carbocycles. The van der Waals surface area contributed by atoms with Gasteiger partial charge in [0.1, 0.15) is 5.82 Å². The molecule has 6 heteroatoms. The van der Waals surface area contributed by atoms with Gasteiger partial charge in [0.2, 0.25) is 0 Å². The van der Waals surface area contributed by atoms with Gasteiger partial charge in [-0.15, -0.1) is 0 Å². The van der Waals surface area contributed by atoms with E-state index in [0.717, 1.165) is 0 Å². The first-order chi connectivity index (χ1) is 11.6. The first-order valence-electron chi connectivity index (χ1n) is 7.79. The van der Waals surface area contributed by atoms with Crippen LogP contribution in [-0.2, 0) is 13.0 Å². The van der Waals surface area contributed by atoms with Crippen molar-refractivity contribution in [2.45, 2.75) is 32.2 Å². The summed E-state index contributed by atoms with van der Waals surface area (Å²) in [5, 5.41) is 19.8. The van der Waals surface area contributed by atoms with E-state index >= 15 is 0 Å². The second-order valence-electron chi connectivity index (χ2n) is 5.99. The van der Waals surface area contributed by atoms with Gasteiger partial charge in [-0.05, 0) is 30.7 Å². The summed E-state index contributed by atoms with van der Waals surface area (Å²) < 4.78 is 21.7. The summed E-state index contributed by atoms with van der Waals surface area (Å²) in [5.74, 6) is 0.163. The molecule has 0 amide bonds. The highest BCUT2D eigenvalue weighted by molar-refractivity contribution is 5.56. The fourth-order valence-corrected chi connectivity index (χ4v) is 3.35. The number of aliphatic hydroxyl groups is 2. The molecule has 2 unspecified atom stereocenters. The lowest BCUT2D eigenvalue weighted by atomic mass is 10.1. The number of hydrogen-bond donors (Lipinski definition) is 2.